The molecule has 2 aliphatic heterocycles. The van der Waals surface area contributed by atoms with E-state index in [1.807, 2.05) is 20.8 Å². The van der Waals surface area contributed by atoms with Crippen LogP contribution in [0.4, 0.5) is 0 Å². The van der Waals surface area contributed by atoms with Gasteiger partial charge in [-0.1, -0.05) is 33.6 Å². The summed E-state index contributed by atoms with van der Waals surface area (Å²) in [5.41, 5.74) is 0.623. The van der Waals surface area contributed by atoms with Crippen LogP contribution in [0.5, 0.6) is 0 Å². The monoisotopic (exact) mass is 410 g/mol. The molecule has 158 valence electrons. The molecule has 2 aliphatic rings. The van der Waals surface area contributed by atoms with E-state index in [2.05, 4.69) is 4.98 Å². The summed E-state index contributed by atoms with van der Waals surface area (Å²) >= 11 is 0. The molecule has 3 rings (SSSR count). The van der Waals surface area contributed by atoms with E-state index < -0.39 is 10.2 Å². The van der Waals surface area contributed by atoms with Crippen molar-refractivity contribution in [2.45, 2.75) is 71.3 Å². The molecule has 0 saturated carbocycles. The summed E-state index contributed by atoms with van der Waals surface area (Å²) in [4.78, 5) is 16.9. The first-order valence-corrected chi connectivity index (χ1v) is 11.9. The third kappa shape index (κ3) is 5.02. The van der Waals surface area contributed by atoms with Crippen LogP contribution in [0.3, 0.4) is 0 Å². The molecule has 1 aromatic heterocycles. The van der Waals surface area contributed by atoms with Crippen LogP contribution in [0.15, 0.2) is 17.2 Å². The van der Waals surface area contributed by atoms with Gasteiger partial charge in [0.15, 0.2) is 0 Å². The van der Waals surface area contributed by atoms with Crippen LogP contribution in [-0.2, 0) is 22.2 Å². The maximum Gasteiger partial charge on any atom is 0.281 e. The molecule has 2 fully saturated rings. The van der Waals surface area contributed by atoms with E-state index in [0.29, 0.717) is 38.6 Å². The molecule has 28 heavy (non-hydrogen) atoms. The lowest BCUT2D eigenvalue weighted by Gasteiger charge is -2.34. The van der Waals surface area contributed by atoms with Gasteiger partial charge in [0.1, 0.15) is 0 Å². The largest absolute Gasteiger partial charge is 0.299 e. The van der Waals surface area contributed by atoms with Gasteiger partial charge in [-0.2, -0.15) is 17.0 Å². The molecule has 0 bridgehead atoms. The molecular weight excluding hydrogens is 376 g/mol. The number of rotatable bonds is 4. The van der Waals surface area contributed by atoms with Crippen LogP contribution in [0.25, 0.3) is 0 Å². The van der Waals surface area contributed by atoms with E-state index in [1.54, 1.807) is 25.6 Å². The summed E-state index contributed by atoms with van der Waals surface area (Å²) in [5.74, 6) is 0.301. The van der Waals surface area contributed by atoms with Crippen molar-refractivity contribution < 1.29 is 8.42 Å². The van der Waals surface area contributed by atoms with Crippen molar-refractivity contribution in [1.29, 1.82) is 0 Å². The average molecular weight is 411 g/mol. The molecule has 0 amide bonds. The van der Waals surface area contributed by atoms with Crippen LogP contribution in [0.2, 0.25) is 0 Å². The molecule has 0 atom stereocenters. The molecule has 3 heterocycles. The van der Waals surface area contributed by atoms with Crippen LogP contribution in [0.1, 0.15) is 65.0 Å². The first-order chi connectivity index (χ1) is 13.2. The van der Waals surface area contributed by atoms with Gasteiger partial charge in [0.05, 0.1) is 12.0 Å². The Morgan fingerprint density at radius 3 is 2.11 bits per heavy atom. The standard InChI is InChI=1S/C20H34N4O3S/c1-20(2,3)18-14-19(25)22(16-21-18)15-17-8-12-24(13-9-17)28(26,27)23-10-6-4-5-7-11-23/h14,16-17H,4-13,15H2,1-3H3. The molecule has 1 aromatic rings. The zero-order chi connectivity index (χ0) is 20.4. The van der Waals surface area contributed by atoms with Crippen LogP contribution in [0, 0.1) is 5.92 Å². The van der Waals surface area contributed by atoms with Crippen molar-refractivity contribution in [2.75, 3.05) is 26.2 Å². The van der Waals surface area contributed by atoms with E-state index in [0.717, 1.165) is 44.2 Å². The number of piperidine rings is 1. The van der Waals surface area contributed by atoms with Crippen molar-refractivity contribution in [3.8, 4) is 0 Å². The molecule has 0 aromatic carbocycles. The molecular formula is C20H34N4O3S. The lowest BCUT2D eigenvalue weighted by Crippen LogP contribution is -2.48. The summed E-state index contributed by atoms with van der Waals surface area (Å²) in [6.07, 6.45) is 7.34. The molecule has 0 aliphatic carbocycles. The third-order valence-electron chi connectivity index (χ3n) is 5.89. The molecule has 0 unspecified atom stereocenters. The van der Waals surface area contributed by atoms with Crippen LogP contribution >= 0.6 is 0 Å². The van der Waals surface area contributed by atoms with Gasteiger partial charge in [0.25, 0.3) is 15.8 Å². The number of hydrogen-bond acceptors (Lipinski definition) is 4. The highest BCUT2D eigenvalue weighted by Crippen LogP contribution is 2.24. The molecule has 8 heteroatoms. The Morgan fingerprint density at radius 2 is 1.57 bits per heavy atom. The smallest absolute Gasteiger partial charge is 0.281 e. The van der Waals surface area contributed by atoms with E-state index in [1.165, 1.54) is 0 Å². The highest BCUT2D eigenvalue weighted by atomic mass is 32.2. The van der Waals surface area contributed by atoms with Crippen molar-refractivity contribution in [1.82, 2.24) is 18.2 Å². The Morgan fingerprint density at radius 1 is 1.00 bits per heavy atom. The van der Waals surface area contributed by atoms with Crippen molar-refractivity contribution in [3.63, 3.8) is 0 Å². The lowest BCUT2D eigenvalue weighted by molar-refractivity contribution is 0.236. The second-order valence-electron chi connectivity index (χ2n) is 9.18. The minimum Gasteiger partial charge on any atom is -0.299 e. The second-order valence-corrected chi connectivity index (χ2v) is 11.1. The fourth-order valence-electron chi connectivity index (χ4n) is 4.01. The SMILES string of the molecule is CC(C)(C)c1cc(=O)n(CC2CCN(S(=O)(=O)N3CCCCCC3)CC2)cn1. The lowest BCUT2D eigenvalue weighted by atomic mass is 9.92. The topological polar surface area (TPSA) is 75.5 Å². The zero-order valence-electron chi connectivity index (χ0n) is 17.4. The maximum atomic E-state index is 12.9. The summed E-state index contributed by atoms with van der Waals surface area (Å²) in [6.45, 7) is 9.08. The van der Waals surface area contributed by atoms with Gasteiger partial charge < -0.3 is 0 Å². The van der Waals surface area contributed by atoms with E-state index in [9.17, 15) is 13.2 Å². The second kappa shape index (κ2) is 8.63. The summed E-state index contributed by atoms with van der Waals surface area (Å²) in [6, 6.07) is 1.62. The quantitative estimate of drug-likeness (QED) is 0.764. The first-order valence-electron chi connectivity index (χ1n) is 10.5. The van der Waals surface area contributed by atoms with Crippen molar-refractivity contribution in [3.05, 3.63) is 28.4 Å². The van der Waals surface area contributed by atoms with E-state index in [-0.39, 0.29) is 11.0 Å². The minimum atomic E-state index is -3.35. The number of nitrogens with zero attached hydrogens (tertiary/aromatic N) is 4. The molecule has 2 saturated heterocycles. The predicted octanol–water partition coefficient (Wildman–Crippen LogP) is 2.37. The maximum absolute atomic E-state index is 12.9. The molecule has 0 spiro atoms. The summed E-state index contributed by atoms with van der Waals surface area (Å²) in [5, 5.41) is 0. The fourth-order valence-corrected chi connectivity index (χ4v) is 5.73. The Labute approximate surface area is 168 Å². The van der Waals surface area contributed by atoms with Crippen LogP contribution in [-0.4, -0.2) is 52.8 Å². The van der Waals surface area contributed by atoms with Gasteiger partial charge in [0.2, 0.25) is 0 Å². The third-order valence-corrected chi connectivity index (χ3v) is 7.93. The van der Waals surface area contributed by atoms with E-state index in [4.69, 9.17) is 0 Å². The summed E-state index contributed by atoms with van der Waals surface area (Å²) < 4.78 is 30.8. The normalized spacial score (nSPS) is 21.5. The Balaban J connectivity index is 1.59. The van der Waals surface area contributed by atoms with Crippen LogP contribution < -0.4 is 5.56 Å². The highest BCUT2D eigenvalue weighted by Gasteiger charge is 2.33. The number of hydrogen-bond donors (Lipinski definition) is 0. The molecule has 7 nitrogen and oxygen atoms in total. The van der Waals surface area contributed by atoms with Gasteiger partial charge in [-0.05, 0) is 31.6 Å². The van der Waals surface area contributed by atoms with Gasteiger partial charge >= 0.3 is 0 Å². The summed E-state index contributed by atoms with van der Waals surface area (Å²) in [7, 11) is -3.35. The van der Waals surface area contributed by atoms with Crippen molar-refractivity contribution >= 4 is 10.2 Å². The first kappa shape index (κ1) is 21.5. The fraction of sp³-hybridized carbons (Fsp3) is 0.800. The Bertz CT molecular complexity index is 813. The average Bonchev–Trinajstić information content (AvgIpc) is 2.93. The van der Waals surface area contributed by atoms with E-state index >= 15 is 0 Å². The highest BCUT2D eigenvalue weighted by molar-refractivity contribution is 7.86. The Kier molecular flexibility index (Phi) is 6.61. The Hall–Kier alpha value is -1.25. The molecule has 0 radical (unpaired) electrons. The van der Waals surface area contributed by atoms with Gasteiger partial charge in [-0.15, -0.1) is 0 Å². The van der Waals surface area contributed by atoms with Gasteiger partial charge in [0, 0.05) is 44.2 Å². The van der Waals surface area contributed by atoms with Crippen molar-refractivity contribution in [2.24, 2.45) is 5.92 Å². The predicted molar refractivity (Wildman–Crippen MR) is 110 cm³/mol. The van der Waals surface area contributed by atoms with Gasteiger partial charge in [-0.3, -0.25) is 9.36 Å². The minimum absolute atomic E-state index is 0.0282. The molecule has 0 N–H and O–H groups in total. The number of aromatic nitrogens is 2. The zero-order valence-corrected chi connectivity index (χ0v) is 18.2. The van der Waals surface area contributed by atoms with Gasteiger partial charge in [-0.25, -0.2) is 4.98 Å².